The molecule has 1 aliphatic heterocycles. The molecule has 0 bridgehead atoms. The van der Waals surface area contributed by atoms with Gasteiger partial charge in [0, 0.05) is 12.6 Å². The van der Waals surface area contributed by atoms with E-state index in [-0.39, 0.29) is 16.7 Å². The summed E-state index contributed by atoms with van der Waals surface area (Å²) in [4.78, 5) is 11.9. The first-order valence-electron chi connectivity index (χ1n) is 9.32. The predicted molar refractivity (Wildman–Crippen MR) is 109 cm³/mol. The van der Waals surface area contributed by atoms with Crippen LogP contribution in [0, 0.1) is 0 Å². The Bertz CT molecular complexity index is 920. The minimum atomic E-state index is -1.95. The van der Waals surface area contributed by atoms with Crippen LogP contribution in [0.2, 0.25) is 5.02 Å². The molecule has 162 valence electrons. The van der Waals surface area contributed by atoms with Crippen molar-refractivity contribution in [2.75, 3.05) is 13.7 Å². The number of amides is 1. The van der Waals surface area contributed by atoms with Crippen molar-refractivity contribution in [2.24, 2.45) is 0 Å². The molecule has 5 atom stereocenters. The maximum Gasteiger partial charge on any atom is 0.251 e. The summed E-state index contributed by atoms with van der Waals surface area (Å²) in [7, 11) is 1.55. The molecule has 1 heterocycles. The van der Waals surface area contributed by atoms with Crippen molar-refractivity contribution in [1.29, 1.82) is 0 Å². The van der Waals surface area contributed by atoms with Crippen LogP contribution in [0.1, 0.15) is 17.3 Å². The molecule has 1 saturated heterocycles. The summed E-state index contributed by atoms with van der Waals surface area (Å²) in [6, 6.07) is 11.9. The van der Waals surface area contributed by atoms with Gasteiger partial charge in [-0.3, -0.25) is 4.79 Å². The Balaban J connectivity index is 1.85. The molecule has 9 heteroatoms. The van der Waals surface area contributed by atoms with Crippen LogP contribution >= 0.6 is 11.6 Å². The van der Waals surface area contributed by atoms with Gasteiger partial charge in [-0.25, -0.2) is 0 Å². The number of aliphatic hydroxyl groups is 4. The Kier molecular flexibility index (Phi) is 6.66. The summed E-state index contributed by atoms with van der Waals surface area (Å²) >= 11 is 6.35. The second-order valence-corrected chi connectivity index (χ2v) is 7.68. The number of carbonyl (C=O) groups is 1. The van der Waals surface area contributed by atoms with E-state index in [1.165, 1.54) is 6.92 Å². The van der Waals surface area contributed by atoms with Crippen molar-refractivity contribution in [3.8, 4) is 16.9 Å². The van der Waals surface area contributed by atoms with Crippen molar-refractivity contribution < 1.29 is 34.7 Å². The van der Waals surface area contributed by atoms with Crippen molar-refractivity contribution >= 4 is 17.5 Å². The predicted octanol–water partition coefficient (Wildman–Crippen LogP) is 0.935. The molecule has 2 aromatic carbocycles. The third-order valence-electron chi connectivity index (χ3n) is 5.11. The van der Waals surface area contributed by atoms with Crippen LogP contribution in [0.4, 0.5) is 0 Å². The van der Waals surface area contributed by atoms with Gasteiger partial charge in [0.1, 0.15) is 24.1 Å². The fraction of sp³-hybridized carbons (Fsp3) is 0.381. The van der Waals surface area contributed by atoms with Gasteiger partial charge in [-0.05, 0) is 42.3 Å². The van der Waals surface area contributed by atoms with Crippen LogP contribution in [0.3, 0.4) is 0 Å². The van der Waals surface area contributed by atoms with E-state index >= 15 is 0 Å². The standard InChI is InChI=1S/C21H24ClNO7/c1-21(28)18(26)17(25)16(10-24)30-20(21)29-15-7-6-12(9-14(15)22)11-4-3-5-13(8-11)19(27)23-2/h3-9,16-18,20,24-26,28H,10H2,1-2H3,(H,23,27)/t16-,17-,18+,20+,21-/m1/s1. The van der Waals surface area contributed by atoms with Gasteiger partial charge in [-0.15, -0.1) is 0 Å². The average Bonchev–Trinajstić information content (AvgIpc) is 2.75. The number of benzene rings is 2. The average molecular weight is 438 g/mol. The second kappa shape index (κ2) is 8.89. The van der Waals surface area contributed by atoms with E-state index in [2.05, 4.69) is 5.32 Å². The zero-order chi connectivity index (χ0) is 22.1. The highest BCUT2D eigenvalue weighted by Crippen LogP contribution is 2.36. The molecular formula is C21H24ClNO7. The Labute approximate surface area is 178 Å². The van der Waals surface area contributed by atoms with Crippen LogP contribution < -0.4 is 10.1 Å². The summed E-state index contributed by atoms with van der Waals surface area (Å²) in [6.45, 7) is 0.689. The lowest BCUT2D eigenvalue weighted by Crippen LogP contribution is -2.66. The van der Waals surface area contributed by atoms with Gasteiger partial charge >= 0.3 is 0 Å². The first kappa shape index (κ1) is 22.5. The smallest absolute Gasteiger partial charge is 0.251 e. The van der Waals surface area contributed by atoms with Crippen molar-refractivity contribution in [2.45, 2.75) is 37.1 Å². The van der Waals surface area contributed by atoms with Crippen LogP contribution in [-0.2, 0) is 4.74 Å². The molecule has 3 rings (SSSR count). The van der Waals surface area contributed by atoms with Gasteiger partial charge in [-0.2, -0.15) is 0 Å². The lowest BCUT2D eigenvalue weighted by atomic mass is 9.88. The third-order valence-corrected chi connectivity index (χ3v) is 5.41. The van der Waals surface area contributed by atoms with E-state index < -0.39 is 36.8 Å². The van der Waals surface area contributed by atoms with Crippen LogP contribution in [0.5, 0.6) is 5.75 Å². The van der Waals surface area contributed by atoms with Gasteiger partial charge in [0.15, 0.2) is 5.60 Å². The number of carbonyl (C=O) groups excluding carboxylic acids is 1. The summed E-state index contributed by atoms with van der Waals surface area (Å²) in [5.74, 6) is -0.0350. The van der Waals surface area contributed by atoms with Crippen molar-refractivity contribution in [3.63, 3.8) is 0 Å². The van der Waals surface area contributed by atoms with Gasteiger partial charge in [-0.1, -0.05) is 29.8 Å². The maximum absolute atomic E-state index is 11.9. The molecule has 0 aromatic heterocycles. The highest BCUT2D eigenvalue weighted by molar-refractivity contribution is 6.32. The summed E-state index contributed by atoms with van der Waals surface area (Å²) < 4.78 is 11.1. The molecule has 30 heavy (non-hydrogen) atoms. The molecule has 8 nitrogen and oxygen atoms in total. The normalized spacial score (nSPS) is 28.8. The molecule has 0 unspecified atom stereocenters. The Hall–Kier alpha value is -2.20. The van der Waals surface area contributed by atoms with Gasteiger partial charge in [0.05, 0.1) is 11.6 Å². The largest absolute Gasteiger partial charge is 0.460 e. The van der Waals surface area contributed by atoms with Gasteiger partial charge in [0.25, 0.3) is 5.91 Å². The number of aliphatic hydroxyl groups excluding tert-OH is 3. The first-order chi connectivity index (χ1) is 14.2. The van der Waals surface area contributed by atoms with E-state index in [0.717, 1.165) is 11.1 Å². The van der Waals surface area contributed by atoms with Crippen molar-refractivity contribution in [1.82, 2.24) is 5.32 Å². The van der Waals surface area contributed by atoms with E-state index in [9.17, 15) is 25.2 Å². The lowest BCUT2D eigenvalue weighted by molar-refractivity contribution is -0.314. The molecule has 0 saturated carbocycles. The number of halogens is 1. The Morgan fingerprint density at radius 1 is 1.23 bits per heavy atom. The quantitative estimate of drug-likeness (QED) is 0.470. The highest BCUT2D eigenvalue weighted by Gasteiger charge is 2.53. The molecule has 0 radical (unpaired) electrons. The summed E-state index contributed by atoms with van der Waals surface area (Å²) in [6.07, 6.45) is -5.59. The van der Waals surface area contributed by atoms with Crippen LogP contribution in [-0.4, -0.2) is 70.2 Å². The number of nitrogens with one attached hydrogen (secondary N) is 1. The van der Waals surface area contributed by atoms with E-state index in [4.69, 9.17) is 21.1 Å². The zero-order valence-electron chi connectivity index (χ0n) is 16.4. The molecule has 1 fully saturated rings. The van der Waals surface area contributed by atoms with Crippen LogP contribution in [0.25, 0.3) is 11.1 Å². The van der Waals surface area contributed by atoms with Crippen molar-refractivity contribution in [3.05, 3.63) is 53.1 Å². The minimum Gasteiger partial charge on any atom is -0.460 e. The number of hydrogen-bond donors (Lipinski definition) is 5. The Morgan fingerprint density at radius 3 is 2.57 bits per heavy atom. The first-order valence-corrected chi connectivity index (χ1v) is 9.70. The van der Waals surface area contributed by atoms with Gasteiger partial charge in [0.2, 0.25) is 6.29 Å². The fourth-order valence-electron chi connectivity index (χ4n) is 3.24. The molecule has 2 aromatic rings. The monoisotopic (exact) mass is 437 g/mol. The van der Waals surface area contributed by atoms with E-state index in [1.807, 2.05) is 6.07 Å². The number of ether oxygens (including phenoxy) is 2. The summed E-state index contributed by atoms with van der Waals surface area (Å²) in [5, 5.41) is 42.8. The molecule has 1 aliphatic rings. The molecule has 1 amide bonds. The molecular weight excluding hydrogens is 414 g/mol. The summed E-state index contributed by atoms with van der Waals surface area (Å²) in [5.41, 5.74) is 0.0535. The molecule has 0 spiro atoms. The zero-order valence-corrected chi connectivity index (χ0v) is 17.2. The SMILES string of the molecule is CNC(=O)c1cccc(-c2ccc(O[C@H]3O[C@H](CO)[C@@H](O)[C@H](O)[C@@]3(C)O)c(Cl)c2)c1. The lowest BCUT2D eigenvalue weighted by Gasteiger charge is -2.45. The highest BCUT2D eigenvalue weighted by atomic mass is 35.5. The molecule has 0 aliphatic carbocycles. The topological polar surface area (TPSA) is 128 Å². The maximum atomic E-state index is 11.9. The fourth-order valence-corrected chi connectivity index (χ4v) is 3.46. The Morgan fingerprint density at radius 2 is 1.93 bits per heavy atom. The number of rotatable bonds is 5. The van der Waals surface area contributed by atoms with E-state index in [0.29, 0.717) is 5.56 Å². The number of hydrogen-bond acceptors (Lipinski definition) is 7. The van der Waals surface area contributed by atoms with E-state index in [1.54, 1.807) is 43.4 Å². The molecule has 5 N–H and O–H groups in total. The third kappa shape index (κ3) is 4.29. The van der Waals surface area contributed by atoms with Crippen LogP contribution in [0.15, 0.2) is 42.5 Å². The van der Waals surface area contributed by atoms with Gasteiger partial charge < -0.3 is 35.2 Å². The minimum absolute atomic E-state index is 0.174. The second-order valence-electron chi connectivity index (χ2n) is 7.27.